The van der Waals surface area contributed by atoms with Crippen LogP contribution in [0.5, 0.6) is 0 Å². The summed E-state index contributed by atoms with van der Waals surface area (Å²) < 4.78 is 0. The number of nitrogens with two attached hydrogens (primary N) is 1. The van der Waals surface area contributed by atoms with Gasteiger partial charge in [-0.15, -0.1) is 0 Å². The van der Waals surface area contributed by atoms with Crippen LogP contribution in [-0.4, -0.2) is 29.5 Å². The van der Waals surface area contributed by atoms with Crippen molar-refractivity contribution in [1.29, 1.82) is 0 Å². The molecule has 1 fully saturated rings. The molecule has 82 valence electrons. The van der Waals surface area contributed by atoms with Crippen molar-refractivity contribution in [2.24, 2.45) is 0 Å². The molecule has 1 aliphatic rings. The van der Waals surface area contributed by atoms with Crippen LogP contribution in [0, 0.1) is 0 Å². The SMILES string of the molecule is Nc1cc(Cl)ccc1CN1CCSCC1. The Labute approximate surface area is 99.8 Å². The van der Waals surface area contributed by atoms with Gasteiger partial charge in [0.1, 0.15) is 0 Å². The molecule has 1 aliphatic heterocycles. The first kappa shape index (κ1) is 11.1. The Bertz CT molecular complexity index is 337. The lowest BCUT2D eigenvalue weighted by atomic mass is 10.1. The van der Waals surface area contributed by atoms with E-state index in [-0.39, 0.29) is 0 Å². The maximum atomic E-state index is 5.92. The molecule has 2 nitrogen and oxygen atoms in total. The van der Waals surface area contributed by atoms with E-state index in [9.17, 15) is 0 Å². The number of nitrogen functional groups attached to an aromatic ring is 1. The molecule has 1 aromatic carbocycles. The number of hydrogen-bond acceptors (Lipinski definition) is 3. The molecule has 2 rings (SSSR count). The number of thioether (sulfide) groups is 1. The van der Waals surface area contributed by atoms with Crippen molar-refractivity contribution >= 4 is 29.1 Å². The van der Waals surface area contributed by atoms with Crippen LogP contribution < -0.4 is 5.73 Å². The highest BCUT2D eigenvalue weighted by Crippen LogP contribution is 2.20. The monoisotopic (exact) mass is 242 g/mol. The number of nitrogens with zero attached hydrogens (tertiary/aromatic N) is 1. The average Bonchev–Trinajstić information content (AvgIpc) is 2.24. The lowest BCUT2D eigenvalue weighted by Crippen LogP contribution is -2.32. The fraction of sp³-hybridized carbons (Fsp3) is 0.455. The zero-order chi connectivity index (χ0) is 10.7. The Morgan fingerprint density at radius 3 is 2.73 bits per heavy atom. The lowest BCUT2D eigenvalue weighted by Gasteiger charge is -2.26. The standard InChI is InChI=1S/C11H15ClN2S/c12-10-2-1-9(11(13)7-10)8-14-3-5-15-6-4-14/h1-2,7H,3-6,8,13H2. The number of rotatable bonds is 2. The van der Waals surface area contributed by atoms with Gasteiger partial charge in [-0.25, -0.2) is 0 Å². The van der Waals surface area contributed by atoms with Crippen molar-refractivity contribution in [3.63, 3.8) is 0 Å². The predicted octanol–water partition coefficient (Wildman–Crippen LogP) is 2.47. The number of hydrogen-bond donors (Lipinski definition) is 1. The smallest absolute Gasteiger partial charge is 0.0426 e. The van der Waals surface area contributed by atoms with Crippen LogP contribution in [0.2, 0.25) is 5.02 Å². The van der Waals surface area contributed by atoms with Gasteiger partial charge in [0.2, 0.25) is 0 Å². The summed E-state index contributed by atoms with van der Waals surface area (Å²) in [4.78, 5) is 2.44. The Balaban J connectivity index is 2.03. The van der Waals surface area contributed by atoms with Gasteiger partial charge in [0.25, 0.3) is 0 Å². The molecule has 0 radical (unpaired) electrons. The third-order valence-electron chi connectivity index (χ3n) is 2.61. The van der Waals surface area contributed by atoms with E-state index in [1.807, 2.05) is 30.0 Å². The van der Waals surface area contributed by atoms with Crippen molar-refractivity contribution in [2.75, 3.05) is 30.3 Å². The van der Waals surface area contributed by atoms with Crippen LogP contribution in [0.15, 0.2) is 18.2 Å². The largest absolute Gasteiger partial charge is 0.398 e. The van der Waals surface area contributed by atoms with E-state index in [1.165, 1.54) is 17.1 Å². The summed E-state index contributed by atoms with van der Waals surface area (Å²) >= 11 is 7.88. The Hall–Kier alpha value is -0.380. The molecular formula is C11H15ClN2S. The second-order valence-corrected chi connectivity index (χ2v) is 5.39. The summed E-state index contributed by atoms with van der Waals surface area (Å²) in [5.41, 5.74) is 7.91. The van der Waals surface area contributed by atoms with Crippen molar-refractivity contribution in [1.82, 2.24) is 4.90 Å². The van der Waals surface area contributed by atoms with Crippen LogP contribution in [0.3, 0.4) is 0 Å². The van der Waals surface area contributed by atoms with Gasteiger partial charge in [-0.1, -0.05) is 17.7 Å². The lowest BCUT2D eigenvalue weighted by molar-refractivity contribution is 0.295. The predicted molar refractivity (Wildman–Crippen MR) is 68.5 cm³/mol. The fourth-order valence-electron chi connectivity index (χ4n) is 1.71. The molecule has 4 heteroatoms. The van der Waals surface area contributed by atoms with Gasteiger partial charge in [0, 0.05) is 41.8 Å². The molecule has 0 spiro atoms. The third kappa shape index (κ3) is 3.03. The average molecular weight is 243 g/mol. The Morgan fingerprint density at radius 1 is 1.33 bits per heavy atom. The molecule has 1 saturated heterocycles. The van der Waals surface area contributed by atoms with Crippen LogP contribution in [0.1, 0.15) is 5.56 Å². The Kier molecular flexibility index (Phi) is 3.78. The molecule has 0 saturated carbocycles. The molecule has 0 aliphatic carbocycles. The van der Waals surface area contributed by atoms with E-state index < -0.39 is 0 Å². The fourth-order valence-corrected chi connectivity index (χ4v) is 2.87. The quantitative estimate of drug-likeness (QED) is 0.808. The van der Waals surface area contributed by atoms with Gasteiger partial charge >= 0.3 is 0 Å². The molecule has 0 aromatic heterocycles. The third-order valence-corrected chi connectivity index (χ3v) is 3.78. The molecule has 0 amide bonds. The molecule has 1 aromatic rings. The van der Waals surface area contributed by atoms with E-state index in [0.717, 1.165) is 25.3 Å². The molecule has 2 N–H and O–H groups in total. The van der Waals surface area contributed by atoms with Gasteiger partial charge < -0.3 is 5.73 Å². The molecule has 0 atom stereocenters. The first-order chi connectivity index (χ1) is 7.25. The molecule has 0 unspecified atom stereocenters. The van der Waals surface area contributed by atoms with Crippen molar-refractivity contribution in [3.8, 4) is 0 Å². The highest BCUT2D eigenvalue weighted by atomic mass is 35.5. The number of anilines is 1. The first-order valence-electron chi connectivity index (χ1n) is 5.10. The highest BCUT2D eigenvalue weighted by molar-refractivity contribution is 7.99. The van der Waals surface area contributed by atoms with E-state index in [1.54, 1.807) is 0 Å². The topological polar surface area (TPSA) is 29.3 Å². The zero-order valence-corrected chi connectivity index (χ0v) is 10.2. The summed E-state index contributed by atoms with van der Waals surface area (Å²) in [6, 6.07) is 5.76. The first-order valence-corrected chi connectivity index (χ1v) is 6.63. The molecule has 1 heterocycles. The van der Waals surface area contributed by atoms with Crippen molar-refractivity contribution in [3.05, 3.63) is 28.8 Å². The maximum Gasteiger partial charge on any atom is 0.0426 e. The minimum atomic E-state index is 0.713. The normalized spacial score (nSPS) is 17.9. The summed E-state index contributed by atoms with van der Waals surface area (Å²) in [7, 11) is 0. The highest BCUT2D eigenvalue weighted by Gasteiger charge is 2.11. The Morgan fingerprint density at radius 2 is 2.07 bits per heavy atom. The van der Waals surface area contributed by atoms with E-state index in [2.05, 4.69) is 4.90 Å². The minimum Gasteiger partial charge on any atom is -0.398 e. The van der Waals surface area contributed by atoms with Crippen LogP contribution >= 0.6 is 23.4 Å². The van der Waals surface area contributed by atoms with Crippen LogP contribution in [0.4, 0.5) is 5.69 Å². The summed E-state index contributed by atoms with van der Waals surface area (Å²) in [5, 5.41) is 0.713. The molecule has 15 heavy (non-hydrogen) atoms. The van der Waals surface area contributed by atoms with E-state index >= 15 is 0 Å². The second-order valence-electron chi connectivity index (χ2n) is 3.73. The minimum absolute atomic E-state index is 0.713. The van der Waals surface area contributed by atoms with Crippen molar-refractivity contribution < 1.29 is 0 Å². The molecular weight excluding hydrogens is 228 g/mol. The van der Waals surface area contributed by atoms with E-state index in [0.29, 0.717) is 5.02 Å². The van der Waals surface area contributed by atoms with Crippen molar-refractivity contribution in [2.45, 2.75) is 6.54 Å². The van der Waals surface area contributed by atoms with Gasteiger partial charge in [-0.2, -0.15) is 11.8 Å². The van der Waals surface area contributed by atoms with Gasteiger partial charge in [-0.05, 0) is 17.7 Å². The van der Waals surface area contributed by atoms with Gasteiger partial charge in [-0.3, -0.25) is 4.90 Å². The maximum absolute atomic E-state index is 5.92. The number of halogens is 1. The summed E-state index contributed by atoms with van der Waals surface area (Å²) in [6.45, 7) is 3.27. The van der Waals surface area contributed by atoms with E-state index in [4.69, 9.17) is 17.3 Å². The number of benzene rings is 1. The van der Waals surface area contributed by atoms with Gasteiger partial charge in [0.05, 0.1) is 0 Å². The molecule has 0 bridgehead atoms. The second kappa shape index (κ2) is 5.10. The van der Waals surface area contributed by atoms with Gasteiger partial charge in [0.15, 0.2) is 0 Å². The summed E-state index contributed by atoms with van der Waals surface area (Å²) in [6.07, 6.45) is 0. The summed E-state index contributed by atoms with van der Waals surface area (Å²) in [5.74, 6) is 2.46. The zero-order valence-electron chi connectivity index (χ0n) is 8.58. The van der Waals surface area contributed by atoms with Crippen LogP contribution in [-0.2, 0) is 6.54 Å². The van der Waals surface area contributed by atoms with Crippen LogP contribution in [0.25, 0.3) is 0 Å².